The Morgan fingerprint density at radius 2 is 1.43 bits per heavy atom. The number of hydrogen-bond acceptors (Lipinski definition) is 4. The van der Waals surface area contributed by atoms with Crippen molar-refractivity contribution in [2.45, 2.75) is 124 Å². The van der Waals surface area contributed by atoms with Gasteiger partial charge in [0.1, 0.15) is 11.6 Å². The van der Waals surface area contributed by atoms with Gasteiger partial charge in [-0.1, -0.05) is 33.9 Å². The third kappa shape index (κ3) is 4.81. The number of carbonyl (C=O) groups is 2. The fourth-order valence-corrected chi connectivity index (χ4v) is 6.69. The first-order valence-corrected chi connectivity index (χ1v) is 13.6. The van der Waals surface area contributed by atoms with E-state index in [9.17, 15) is 9.59 Å². The summed E-state index contributed by atoms with van der Waals surface area (Å²) in [7, 11) is -2.20. The summed E-state index contributed by atoms with van der Waals surface area (Å²) in [6, 6.07) is 0.0710. The third-order valence-corrected chi connectivity index (χ3v) is 11.8. The van der Waals surface area contributed by atoms with E-state index in [1.807, 2.05) is 25.3 Å². The molecular weight excluding hydrogens is 368 g/mol. The van der Waals surface area contributed by atoms with Crippen LogP contribution >= 0.6 is 0 Å². The van der Waals surface area contributed by atoms with Gasteiger partial charge in [0.25, 0.3) is 0 Å². The molecule has 0 aromatic heterocycles. The van der Waals surface area contributed by atoms with Gasteiger partial charge in [-0.25, -0.2) is 4.79 Å². The van der Waals surface area contributed by atoms with E-state index in [0.717, 1.165) is 0 Å². The molecule has 0 saturated carbocycles. The van der Waals surface area contributed by atoms with Crippen LogP contribution in [0, 0.1) is 5.92 Å². The van der Waals surface area contributed by atoms with E-state index < -0.39 is 19.9 Å². The molecule has 0 aromatic carbocycles. The fourth-order valence-electron chi connectivity index (χ4n) is 4.30. The molecule has 1 heterocycles. The first-order chi connectivity index (χ1) is 12.3. The average Bonchev–Trinajstić information content (AvgIpc) is 2.39. The van der Waals surface area contributed by atoms with Crippen molar-refractivity contribution in [2.24, 2.45) is 5.92 Å². The van der Waals surface area contributed by atoms with Gasteiger partial charge in [0.15, 0.2) is 8.24 Å². The number of carbonyl (C=O) groups excluding carboxylic acids is 2. The molecule has 0 spiro atoms. The summed E-state index contributed by atoms with van der Waals surface area (Å²) in [5.41, 5.74) is -0.571. The van der Waals surface area contributed by atoms with Gasteiger partial charge in [-0.15, -0.1) is 0 Å². The molecule has 0 aromatic rings. The van der Waals surface area contributed by atoms with Crippen LogP contribution in [0.2, 0.25) is 18.1 Å². The minimum absolute atomic E-state index is 0.0222. The van der Waals surface area contributed by atoms with Crippen molar-refractivity contribution in [3.05, 3.63) is 0 Å². The van der Waals surface area contributed by atoms with Crippen molar-refractivity contribution < 1.29 is 14.3 Å². The second kappa shape index (κ2) is 8.09. The van der Waals surface area contributed by atoms with E-state index in [0.29, 0.717) is 12.1 Å². The molecule has 0 radical (unpaired) electrons. The minimum atomic E-state index is -2.20. The average molecular weight is 413 g/mol. The van der Waals surface area contributed by atoms with E-state index in [2.05, 4.69) is 73.4 Å². The molecule has 164 valence electrons. The molecule has 0 N–H and O–H groups in total. The van der Waals surface area contributed by atoms with Crippen molar-refractivity contribution in [2.75, 3.05) is 0 Å². The van der Waals surface area contributed by atoms with Crippen LogP contribution in [0.3, 0.4) is 0 Å². The van der Waals surface area contributed by atoms with Crippen LogP contribution in [0.4, 0.5) is 0 Å². The summed E-state index contributed by atoms with van der Waals surface area (Å²) >= 11 is 0. The zero-order chi connectivity index (χ0) is 22.4. The number of ether oxygens (including phenoxy) is 1. The highest BCUT2D eigenvalue weighted by molar-refractivity contribution is 6.80. The molecule has 0 bridgehead atoms. The highest BCUT2D eigenvalue weighted by Gasteiger charge is 2.62. The van der Waals surface area contributed by atoms with Crippen LogP contribution in [0.1, 0.15) is 76.2 Å². The van der Waals surface area contributed by atoms with E-state index in [1.165, 1.54) is 0 Å². The standard InChI is InChI=1S/C22H44N2O3Si/c1-14(2)23(15(3)4)16(5)17-18(20(26)27-21(6,7)8)24(19(17)25)28(12,13)22(9,10)11/h14-18H,1-13H3/t16?,17-,18+/m1/s1. The molecule has 5 nitrogen and oxygen atoms in total. The lowest BCUT2D eigenvalue weighted by Gasteiger charge is -2.59. The van der Waals surface area contributed by atoms with Gasteiger partial charge in [0.2, 0.25) is 5.91 Å². The minimum Gasteiger partial charge on any atom is -0.458 e. The van der Waals surface area contributed by atoms with Crippen LogP contribution in [-0.2, 0) is 14.3 Å². The van der Waals surface area contributed by atoms with E-state index in [4.69, 9.17) is 4.74 Å². The SMILES string of the molecule is CC(C)N(C(C)C)C(C)[C@H]1C(=O)N([Si](C)(C)C(C)(C)C)[C@@H]1C(=O)OC(C)(C)C. The predicted octanol–water partition coefficient (Wildman–Crippen LogP) is 4.67. The zero-order valence-electron chi connectivity index (χ0n) is 20.5. The van der Waals surface area contributed by atoms with Gasteiger partial charge in [0.05, 0.1) is 5.92 Å². The molecule has 1 aliphatic heterocycles. The zero-order valence-corrected chi connectivity index (χ0v) is 21.5. The third-order valence-electron chi connectivity index (χ3n) is 6.41. The largest absolute Gasteiger partial charge is 0.458 e. The molecule has 0 aliphatic carbocycles. The molecular formula is C22H44N2O3Si. The normalized spacial score (nSPS) is 22.7. The van der Waals surface area contributed by atoms with Gasteiger partial charge >= 0.3 is 5.97 Å². The monoisotopic (exact) mass is 412 g/mol. The maximum Gasteiger partial charge on any atom is 0.329 e. The molecule has 1 fully saturated rings. The molecule has 1 amide bonds. The second-order valence-electron chi connectivity index (χ2n) is 11.4. The van der Waals surface area contributed by atoms with Crippen molar-refractivity contribution in [1.29, 1.82) is 0 Å². The van der Waals surface area contributed by atoms with E-state index in [-0.39, 0.29) is 28.9 Å². The molecule has 1 saturated heterocycles. The topological polar surface area (TPSA) is 49.9 Å². The van der Waals surface area contributed by atoms with Crippen LogP contribution in [0.25, 0.3) is 0 Å². The Balaban J connectivity index is 3.37. The van der Waals surface area contributed by atoms with E-state index >= 15 is 0 Å². The molecule has 1 unspecified atom stereocenters. The quantitative estimate of drug-likeness (QED) is 0.361. The summed E-state index contributed by atoms with van der Waals surface area (Å²) in [4.78, 5) is 29.0. The Morgan fingerprint density at radius 1 is 1.00 bits per heavy atom. The summed E-state index contributed by atoms with van der Waals surface area (Å²) in [6.07, 6.45) is 0. The van der Waals surface area contributed by atoms with Gasteiger partial charge in [-0.3, -0.25) is 9.69 Å². The van der Waals surface area contributed by atoms with Gasteiger partial charge in [0, 0.05) is 18.1 Å². The van der Waals surface area contributed by atoms with Crippen LogP contribution in [0.5, 0.6) is 0 Å². The lowest BCUT2D eigenvalue weighted by molar-refractivity contribution is -0.179. The number of β-lactam (4-membered cyclic amide) rings is 1. The molecule has 6 heteroatoms. The Labute approximate surface area is 174 Å². The maximum atomic E-state index is 13.5. The van der Waals surface area contributed by atoms with Crippen molar-refractivity contribution in [3.8, 4) is 0 Å². The number of hydrogen-bond donors (Lipinski definition) is 0. The Morgan fingerprint density at radius 3 is 1.75 bits per heavy atom. The Kier molecular flexibility index (Phi) is 7.27. The highest BCUT2D eigenvalue weighted by Crippen LogP contribution is 2.46. The Bertz CT molecular complexity index is 580. The van der Waals surface area contributed by atoms with Crippen molar-refractivity contribution in [1.82, 2.24) is 9.47 Å². The predicted molar refractivity (Wildman–Crippen MR) is 119 cm³/mol. The molecule has 3 atom stereocenters. The van der Waals surface area contributed by atoms with Crippen LogP contribution in [-0.4, -0.2) is 59.3 Å². The van der Waals surface area contributed by atoms with Gasteiger partial charge in [-0.05, 0) is 60.4 Å². The van der Waals surface area contributed by atoms with Crippen LogP contribution < -0.4 is 0 Å². The highest BCUT2D eigenvalue weighted by atomic mass is 28.3. The number of esters is 1. The first-order valence-electron chi connectivity index (χ1n) is 10.7. The Hall–Kier alpha value is -0.883. The smallest absolute Gasteiger partial charge is 0.329 e. The second-order valence-corrected chi connectivity index (χ2v) is 16.5. The van der Waals surface area contributed by atoms with E-state index in [1.54, 1.807) is 0 Å². The lowest BCUT2D eigenvalue weighted by atomic mass is 9.82. The maximum absolute atomic E-state index is 13.5. The first kappa shape index (κ1) is 25.2. The summed E-state index contributed by atoms with van der Waals surface area (Å²) in [6.45, 7) is 27.2. The molecule has 1 aliphatic rings. The molecule has 1 rings (SSSR count). The number of nitrogens with zero attached hydrogens (tertiary/aromatic N) is 2. The lowest BCUT2D eigenvalue weighted by Crippen LogP contribution is -2.78. The van der Waals surface area contributed by atoms with Crippen LogP contribution in [0.15, 0.2) is 0 Å². The van der Waals surface area contributed by atoms with Gasteiger partial charge < -0.3 is 9.30 Å². The summed E-state index contributed by atoms with van der Waals surface area (Å²) in [5, 5.41) is -0.0348. The van der Waals surface area contributed by atoms with Crippen molar-refractivity contribution >= 4 is 20.1 Å². The molecule has 28 heavy (non-hydrogen) atoms. The fraction of sp³-hybridized carbons (Fsp3) is 0.909. The summed E-state index contributed by atoms with van der Waals surface area (Å²) in [5.74, 6) is -0.503. The number of amides is 1. The van der Waals surface area contributed by atoms with Crippen molar-refractivity contribution in [3.63, 3.8) is 0 Å². The summed E-state index contributed by atoms with van der Waals surface area (Å²) < 4.78 is 7.70. The van der Waals surface area contributed by atoms with Gasteiger partial charge in [-0.2, -0.15) is 0 Å². The number of rotatable bonds is 6.